The zero-order valence-corrected chi connectivity index (χ0v) is 22.9. The summed E-state index contributed by atoms with van der Waals surface area (Å²) in [7, 11) is 1.62. The second kappa shape index (κ2) is 10.5. The number of carbonyl (C=O) groups is 1. The number of carbonyl (C=O) groups excluding carboxylic acids is 1. The monoisotopic (exact) mass is 558 g/mol. The maximum Gasteiger partial charge on any atom is 0.257 e. The van der Waals surface area contributed by atoms with E-state index in [9.17, 15) is 22.8 Å². The number of amides is 1. The summed E-state index contributed by atoms with van der Waals surface area (Å²) >= 11 is 0. The fourth-order valence-electron chi connectivity index (χ4n) is 6.73. The average Bonchev–Trinajstić information content (AvgIpc) is 3.15. The van der Waals surface area contributed by atoms with Crippen LogP contribution in [-0.4, -0.2) is 46.9 Å². The standard InChI is InChI=1S/C30H34F4N4O2/c1-4-18-14-30(34)15-19(18)9-10-29(2,17-30)36-28(40)22-16-38(24-7-5-20(32)13-23(24)33)27-21(26(22)39)6-8-25(35-27)37(3)12-11-31/h5-8,13,16,18-19H,4,9-12,14-15,17H2,1-3H3,(H,36,40). The van der Waals surface area contributed by atoms with Gasteiger partial charge in [-0.2, -0.15) is 0 Å². The fraction of sp³-hybridized carbons (Fsp3) is 0.500. The van der Waals surface area contributed by atoms with Gasteiger partial charge in [0.2, 0.25) is 5.43 Å². The lowest BCUT2D eigenvalue weighted by Crippen LogP contribution is -2.50. The molecule has 10 heteroatoms. The molecular formula is C30H34F4N4O2. The van der Waals surface area contributed by atoms with Crippen molar-refractivity contribution in [3.63, 3.8) is 0 Å². The molecule has 2 aliphatic rings. The third-order valence-corrected chi connectivity index (χ3v) is 8.70. The van der Waals surface area contributed by atoms with Crippen molar-refractivity contribution < 1.29 is 22.4 Å². The first-order chi connectivity index (χ1) is 19.0. The largest absolute Gasteiger partial charge is 0.357 e. The van der Waals surface area contributed by atoms with Crippen LogP contribution in [0, 0.1) is 23.5 Å². The molecular weight excluding hydrogens is 524 g/mol. The number of anilines is 1. The lowest BCUT2D eigenvalue weighted by atomic mass is 9.80. The quantitative estimate of drug-likeness (QED) is 0.368. The molecule has 1 N–H and O–H groups in total. The molecule has 6 nitrogen and oxygen atoms in total. The van der Waals surface area contributed by atoms with Crippen molar-refractivity contribution in [3.05, 3.63) is 63.9 Å². The van der Waals surface area contributed by atoms with E-state index in [0.29, 0.717) is 37.1 Å². The van der Waals surface area contributed by atoms with E-state index in [-0.39, 0.29) is 41.2 Å². The number of alkyl halides is 2. The highest BCUT2D eigenvalue weighted by Crippen LogP contribution is 2.52. The Bertz CT molecular complexity index is 1510. The lowest BCUT2D eigenvalue weighted by Gasteiger charge is -2.36. The Morgan fingerprint density at radius 2 is 2.00 bits per heavy atom. The summed E-state index contributed by atoms with van der Waals surface area (Å²) in [6.07, 6.45) is 4.57. The van der Waals surface area contributed by atoms with Gasteiger partial charge in [0.25, 0.3) is 5.91 Å². The van der Waals surface area contributed by atoms with E-state index in [4.69, 9.17) is 0 Å². The second-order valence-corrected chi connectivity index (χ2v) is 11.7. The minimum Gasteiger partial charge on any atom is -0.357 e. The zero-order valence-electron chi connectivity index (χ0n) is 22.9. The van der Waals surface area contributed by atoms with Gasteiger partial charge in [0, 0.05) is 37.8 Å². The molecule has 4 unspecified atom stereocenters. The Labute approximate surface area is 230 Å². The van der Waals surface area contributed by atoms with Crippen LogP contribution >= 0.6 is 0 Å². The van der Waals surface area contributed by atoms with Crippen LogP contribution in [0.2, 0.25) is 0 Å². The van der Waals surface area contributed by atoms with E-state index in [0.717, 1.165) is 18.9 Å². The zero-order chi connectivity index (χ0) is 28.8. The number of nitrogens with zero attached hydrogens (tertiary/aromatic N) is 3. The first-order valence-electron chi connectivity index (χ1n) is 13.8. The molecule has 0 saturated heterocycles. The Morgan fingerprint density at radius 1 is 1.23 bits per heavy atom. The average molecular weight is 559 g/mol. The summed E-state index contributed by atoms with van der Waals surface area (Å²) in [6, 6.07) is 5.93. The minimum absolute atomic E-state index is 0.0292. The highest BCUT2D eigenvalue weighted by Gasteiger charge is 2.51. The number of hydrogen-bond donors (Lipinski definition) is 1. The number of aromatic nitrogens is 2. The fourth-order valence-corrected chi connectivity index (χ4v) is 6.73. The van der Waals surface area contributed by atoms with Crippen LogP contribution in [0.1, 0.15) is 62.7 Å². The molecule has 5 rings (SSSR count). The number of rotatable bonds is 7. The highest BCUT2D eigenvalue weighted by molar-refractivity contribution is 5.97. The molecule has 2 bridgehead atoms. The van der Waals surface area contributed by atoms with Gasteiger partial charge in [-0.15, -0.1) is 0 Å². The molecule has 1 aromatic carbocycles. The summed E-state index contributed by atoms with van der Waals surface area (Å²) in [5, 5.41) is 2.97. The third kappa shape index (κ3) is 5.20. The molecule has 2 aliphatic carbocycles. The van der Waals surface area contributed by atoms with Crippen molar-refractivity contribution in [1.82, 2.24) is 14.9 Å². The SMILES string of the molecule is CCC1CC2(F)CC1CCC(C)(NC(=O)c1cn(-c3ccc(F)cc3F)c3nc(N(C)CCF)ccc3c1=O)C2. The summed E-state index contributed by atoms with van der Waals surface area (Å²) in [5.74, 6) is -1.47. The molecule has 40 heavy (non-hydrogen) atoms. The van der Waals surface area contributed by atoms with E-state index < -0.39 is 40.9 Å². The predicted octanol–water partition coefficient (Wildman–Crippen LogP) is 5.89. The Kier molecular flexibility index (Phi) is 7.39. The predicted molar refractivity (Wildman–Crippen MR) is 147 cm³/mol. The lowest BCUT2D eigenvalue weighted by molar-refractivity contribution is 0.0779. The van der Waals surface area contributed by atoms with E-state index in [1.807, 2.05) is 6.92 Å². The van der Waals surface area contributed by atoms with Crippen LogP contribution < -0.4 is 15.6 Å². The topological polar surface area (TPSA) is 67.2 Å². The van der Waals surface area contributed by atoms with Crippen LogP contribution in [0.15, 0.2) is 41.3 Å². The highest BCUT2D eigenvalue weighted by atomic mass is 19.1. The summed E-state index contributed by atoms with van der Waals surface area (Å²) in [5.41, 5.74) is -3.23. The Morgan fingerprint density at radius 3 is 2.70 bits per heavy atom. The van der Waals surface area contributed by atoms with Crippen molar-refractivity contribution in [1.29, 1.82) is 0 Å². The van der Waals surface area contributed by atoms with E-state index in [1.54, 1.807) is 7.05 Å². The van der Waals surface area contributed by atoms with Gasteiger partial charge in [-0.1, -0.05) is 13.3 Å². The minimum atomic E-state index is -1.38. The molecule has 2 fully saturated rings. The molecule has 2 aromatic heterocycles. The van der Waals surface area contributed by atoms with Crippen molar-refractivity contribution >= 4 is 22.8 Å². The summed E-state index contributed by atoms with van der Waals surface area (Å²) in [4.78, 5) is 33.2. The van der Waals surface area contributed by atoms with Gasteiger partial charge in [0.15, 0.2) is 5.65 Å². The maximum atomic E-state index is 15.9. The Hall–Kier alpha value is -3.43. The van der Waals surface area contributed by atoms with Crippen molar-refractivity contribution in [2.75, 3.05) is 25.2 Å². The van der Waals surface area contributed by atoms with Crippen molar-refractivity contribution in [3.8, 4) is 5.69 Å². The van der Waals surface area contributed by atoms with Crippen LogP contribution in [0.5, 0.6) is 0 Å². The van der Waals surface area contributed by atoms with Gasteiger partial charge >= 0.3 is 0 Å². The number of halogens is 4. The molecule has 1 amide bonds. The van der Waals surface area contributed by atoms with Gasteiger partial charge in [0.1, 0.15) is 35.4 Å². The third-order valence-electron chi connectivity index (χ3n) is 8.70. The van der Waals surface area contributed by atoms with Gasteiger partial charge in [0.05, 0.1) is 11.1 Å². The van der Waals surface area contributed by atoms with Crippen LogP contribution in [0.25, 0.3) is 16.7 Å². The number of hydrogen-bond acceptors (Lipinski definition) is 4. The molecule has 0 aliphatic heterocycles. The van der Waals surface area contributed by atoms with Crippen LogP contribution in [0.4, 0.5) is 23.4 Å². The van der Waals surface area contributed by atoms with E-state index in [2.05, 4.69) is 17.2 Å². The molecule has 2 saturated carbocycles. The number of fused-ring (bicyclic) bond motifs is 3. The van der Waals surface area contributed by atoms with Gasteiger partial charge < -0.3 is 10.2 Å². The molecule has 4 atom stereocenters. The molecule has 0 spiro atoms. The maximum absolute atomic E-state index is 15.9. The first kappa shape index (κ1) is 28.1. The summed E-state index contributed by atoms with van der Waals surface area (Å²) in [6.45, 7) is 3.30. The number of pyridine rings is 2. The van der Waals surface area contributed by atoms with Gasteiger partial charge in [-0.3, -0.25) is 14.2 Å². The smallest absolute Gasteiger partial charge is 0.257 e. The molecule has 2 heterocycles. The van der Waals surface area contributed by atoms with E-state index >= 15 is 4.39 Å². The molecule has 0 radical (unpaired) electrons. The normalized spacial score (nSPS) is 26.1. The molecule has 3 aromatic rings. The first-order valence-corrected chi connectivity index (χ1v) is 13.8. The summed E-state index contributed by atoms with van der Waals surface area (Å²) < 4.78 is 58.8. The number of benzene rings is 1. The van der Waals surface area contributed by atoms with Gasteiger partial charge in [-0.25, -0.2) is 22.5 Å². The van der Waals surface area contributed by atoms with Gasteiger partial charge in [-0.05, 0) is 68.7 Å². The second-order valence-electron chi connectivity index (χ2n) is 11.7. The van der Waals surface area contributed by atoms with Crippen molar-refractivity contribution in [2.24, 2.45) is 11.8 Å². The van der Waals surface area contributed by atoms with Crippen LogP contribution in [-0.2, 0) is 0 Å². The van der Waals surface area contributed by atoms with E-state index in [1.165, 1.54) is 33.9 Å². The van der Waals surface area contributed by atoms with Crippen molar-refractivity contribution in [2.45, 2.75) is 63.6 Å². The van der Waals surface area contributed by atoms with Crippen LogP contribution in [0.3, 0.4) is 0 Å². The number of nitrogens with one attached hydrogen (secondary N) is 1. The Balaban J connectivity index is 1.57. The molecule has 214 valence electrons.